The topological polar surface area (TPSA) is 73.8 Å². The first-order chi connectivity index (χ1) is 12.7. The minimum absolute atomic E-state index is 0.0471. The Labute approximate surface area is 161 Å². The van der Waals surface area contributed by atoms with Gasteiger partial charge in [0.15, 0.2) is 0 Å². The molecule has 152 valence electrons. The first-order valence-electron chi connectivity index (χ1n) is 9.56. The molecule has 0 aromatic heterocycles. The lowest BCUT2D eigenvalue weighted by Gasteiger charge is -2.37. The Morgan fingerprint density at radius 1 is 1.33 bits per heavy atom. The van der Waals surface area contributed by atoms with Crippen LogP contribution in [0.15, 0.2) is 18.2 Å². The normalized spacial score (nSPS) is 20.4. The van der Waals surface area contributed by atoms with Crippen LogP contribution in [0.5, 0.6) is 0 Å². The van der Waals surface area contributed by atoms with E-state index in [2.05, 4.69) is 10.6 Å². The van der Waals surface area contributed by atoms with Crippen LogP contribution in [0, 0.1) is 11.2 Å². The summed E-state index contributed by atoms with van der Waals surface area (Å²) in [6, 6.07) is 4.38. The summed E-state index contributed by atoms with van der Waals surface area (Å²) >= 11 is 0. The van der Waals surface area contributed by atoms with Gasteiger partial charge in [-0.1, -0.05) is 13.8 Å². The molecule has 2 unspecified atom stereocenters. The van der Waals surface area contributed by atoms with Gasteiger partial charge >= 0.3 is 6.03 Å². The van der Waals surface area contributed by atoms with Crippen molar-refractivity contribution in [1.29, 1.82) is 0 Å². The average molecular weight is 381 g/mol. The zero-order chi connectivity index (χ0) is 20.0. The van der Waals surface area contributed by atoms with E-state index in [4.69, 9.17) is 9.84 Å². The Bertz CT molecular complexity index is 629. The van der Waals surface area contributed by atoms with Crippen molar-refractivity contribution < 1.29 is 19.0 Å². The quantitative estimate of drug-likeness (QED) is 0.677. The van der Waals surface area contributed by atoms with E-state index in [1.807, 2.05) is 32.6 Å². The molecule has 0 saturated carbocycles. The van der Waals surface area contributed by atoms with Crippen LogP contribution in [0.25, 0.3) is 0 Å². The maximum atomic E-state index is 14.6. The first kappa shape index (κ1) is 21.4. The highest BCUT2D eigenvalue weighted by Crippen LogP contribution is 2.26. The van der Waals surface area contributed by atoms with E-state index in [0.717, 1.165) is 6.42 Å². The first-order valence-corrected chi connectivity index (χ1v) is 9.56. The van der Waals surface area contributed by atoms with Gasteiger partial charge in [0.1, 0.15) is 5.82 Å². The van der Waals surface area contributed by atoms with Crippen LogP contribution >= 0.6 is 0 Å². The van der Waals surface area contributed by atoms with Gasteiger partial charge in [0, 0.05) is 31.9 Å². The lowest BCUT2D eigenvalue weighted by atomic mass is 9.88. The van der Waals surface area contributed by atoms with Crippen molar-refractivity contribution in [2.24, 2.45) is 5.41 Å². The third kappa shape index (κ3) is 6.66. The number of urea groups is 1. The standard InChI is InChI=1S/C20H32FN3O3/c1-14-11-24(12-15(2)27-14)18-7-6-16(10-17(18)21)23-19(26)22-13-20(3,4)8-5-9-25/h6-7,10,14-15,25H,5,8-9,11-13H2,1-4H3,(H2,22,23,26). The Hall–Kier alpha value is -1.86. The molecule has 1 saturated heterocycles. The molecule has 2 atom stereocenters. The predicted octanol–water partition coefficient (Wildman–Crippen LogP) is 3.36. The average Bonchev–Trinajstić information content (AvgIpc) is 2.57. The summed E-state index contributed by atoms with van der Waals surface area (Å²) < 4.78 is 20.3. The summed E-state index contributed by atoms with van der Waals surface area (Å²) in [5.74, 6) is -0.364. The fourth-order valence-electron chi connectivity index (χ4n) is 3.36. The second-order valence-corrected chi connectivity index (χ2v) is 8.13. The van der Waals surface area contributed by atoms with Gasteiger partial charge < -0.3 is 25.4 Å². The molecule has 2 rings (SSSR count). The van der Waals surface area contributed by atoms with Crippen LogP contribution < -0.4 is 15.5 Å². The molecule has 7 heteroatoms. The zero-order valence-electron chi connectivity index (χ0n) is 16.7. The number of rotatable bonds is 7. The minimum Gasteiger partial charge on any atom is -0.396 e. The number of hydrogen-bond donors (Lipinski definition) is 3. The zero-order valence-corrected chi connectivity index (χ0v) is 16.7. The van der Waals surface area contributed by atoms with Gasteiger partial charge in [0.2, 0.25) is 0 Å². The van der Waals surface area contributed by atoms with E-state index in [9.17, 15) is 9.18 Å². The maximum absolute atomic E-state index is 14.6. The molecule has 3 N–H and O–H groups in total. The molecule has 0 spiro atoms. The summed E-state index contributed by atoms with van der Waals surface area (Å²) in [6.07, 6.45) is 1.60. The Morgan fingerprint density at radius 3 is 2.59 bits per heavy atom. The molecular weight excluding hydrogens is 349 g/mol. The molecule has 2 amide bonds. The number of nitrogens with one attached hydrogen (secondary N) is 2. The summed E-state index contributed by atoms with van der Waals surface area (Å²) in [6.45, 7) is 9.90. The van der Waals surface area contributed by atoms with Crippen molar-refractivity contribution in [3.8, 4) is 0 Å². The molecule has 1 aromatic carbocycles. The molecule has 1 aromatic rings. The predicted molar refractivity (Wildman–Crippen MR) is 106 cm³/mol. The number of ether oxygens (including phenoxy) is 1. The van der Waals surface area contributed by atoms with Crippen molar-refractivity contribution in [3.05, 3.63) is 24.0 Å². The van der Waals surface area contributed by atoms with Crippen molar-refractivity contribution in [2.45, 2.75) is 52.7 Å². The smallest absolute Gasteiger partial charge is 0.319 e. The fourth-order valence-corrected chi connectivity index (χ4v) is 3.36. The number of carbonyl (C=O) groups is 1. The van der Waals surface area contributed by atoms with Crippen LogP contribution in [-0.2, 0) is 4.74 Å². The number of halogens is 1. The second kappa shape index (κ2) is 9.37. The fraction of sp³-hybridized carbons (Fsp3) is 0.650. The number of hydrogen-bond acceptors (Lipinski definition) is 4. The summed E-state index contributed by atoms with van der Waals surface area (Å²) in [5.41, 5.74) is 0.822. The van der Waals surface area contributed by atoms with Gasteiger partial charge in [-0.05, 0) is 50.3 Å². The highest BCUT2D eigenvalue weighted by atomic mass is 19.1. The summed E-state index contributed by atoms with van der Waals surface area (Å²) in [4.78, 5) is 14.1. The SMILES string of the molecule is CC1CN(c2ccc(NC(=O)NCC(C)(C)CCCO)cc2F)CC(C)O1. The van der Waals surface area contributed by atoms with Crippen molar-refractivity contribution in [2.75, 3.05) is 36.5 Å². The van der Waals surface area contributed by atoms with E-state index in [1.54, 1.807) is 12.1 Å². The van der Waals surface area contributed by atoms with E-state index in [1.165, 1.54) is 6.07 Å². The highest BCUT2D eigenvalue weighted by Gasteiger charge is 2.24. The van der Waals surface area contributed by atoms with E-state index < -0.39 is 0 Å². The van der Waals surface area contributed by atoms with Gasteiger partial charge in [0.25, 0.3) is 0 Å². The lowest BCUT2D eigenvalue weighted by molar-refractivity contribution is -0.00539. The van der Waals surface area contributed by atoms with Crippen molar-refractivity contribution in [1.82, 2.24) is 5.32 Å². The number of benzene rings is 1. The molecule has 1 aliphatic rings. The Kier molecular flexibility index (Phi) is 7.44. The van der Waals surface area contributed by atoms with Gasteiger partial charge in [-0.3, -0.25) is 0 Å². The van der Waals surface area contributed by atoms with Crippen LogP contribution in [0.4, 0.5) is 20.6 Å². The number of morpholine rings is 1. The van der Waals surface area contributed by atoms with Gasteiger partial charge in [-0.2, -0.15) is 0 Å². The van der Waals surface area contributed by atoms with Crippen LogP contribution in [-0.4, -0.2) is 49.6 Å². The largest absolute Gasteiger partial charge is 0.396 e. The number of aliphatic hydroxyl groups excluding tert-OH is 1. The minimum atomic E-state index is -0.368. The molecule has 1 heterocycles. The van der Waals surface area contributed by atoms with Crippen molar-refractivity contribution >= 4 is 17.4 Å². The molecule has 0 aliphatic carbocycles. The highest BCUT2D eigenvalue weighted by molar-refractivity contribution is 5.89. The third-order valence-electron chi connectivity index (χ3n) is 4.71. The Balaban J connectivity index is 1.92. The molecule has 27 heavy (non-hydrogen) atoms. The number of anilines is 2. The van der Waals surface area contributed by atoms with Gasteiger partial charge in [-0.15, -0.1) is 0 Å². The number of aliphatic hydroxyl groups is 1. The Morgan fingerprint density at radius 2 is 2.00 bits per heavy atom. The lowest BCUT2D eigenvalue weighted by Crippen LogP contribution is -2.45. The van der Waals surface area contributed by atoms with Crippen LogP contribution in [0.3, 0.4) is 0 Å². The number of nitrogens with zero attached hydrogens (tertiary/aromatic N) is 1. The molecular formula is C20H32FN3O3. The second-order valence-electron chi connectivity index (χ2n) is 8.13. The van der Waals surface area contributed by atoms with E-state index in [0.29, 0.717) is 37.4 Å². The number of amides is 2. The van der Waals surface area contributed by atoms with Crippen molar-refractivity contribution in [3.63, 3.8) is 0 Å². The molecule has 1 aliphatic heterocycles. The monoisotopic (exact) mass is 381 g/mol. The van der Waals surface area contributed by atoms with Gasteiger partial charge in [0.05, 0.1) is 17.9 Å². The van der Waals surface area contributed by atoms with E-state index in [-0.39, 0.29) is 36.1 Å². The van der Waals surface area contributed by atoms with Crippen LogP contribution in [0.1, 0.15) is 40.5 Å². The maximum Gasteiger partial charge on any atom is 0.319 e. The van der Waals surface area contributed by atoms with E-state index >= 15 is 0 Å². The number of carbonyl (C=O) groups excluding carboxylic acids is 1. The molecule has 0 bridgehead atoms. The molecule has 0 radical (unpaired) electrons. The summed E-state index contributed by atoms with van der Waals surface area (Å²) in [5, 5.41) is 14.4. The van der Waals surface area contributed by atoms with Crippen LogP contribution in [0.2, 0.25) is 0 Å². The van der Waals surface area contributed by atoms with Gasteiger partial charge in [-0.25, -0.2) is 9.18 Å². The molecule has 1 fully saturated rings. The summed E-state index contributed by atoms with van der Waals surface area (Å²) in [7, 11) is 0. The molecule has 6 nitrogen and oxygen atoms in total. The third-order valence-corrected chi connectivity index (χ3v) is 4.71.